The van der Waals surface area contributed by atoms with Gasteiger partial charge in [0.05, 0.1) is 30.4 Å². The molecule has 0 radical (unpaired) electrons. The zero-order valence-corrected chi connectivity index (χ0v) is 13.9. The van der Waals surface area contributed by atoms with E-state index in [1.54, 1.807) is 45.5 Å². The molecule has 0 saturated heterocycles. The average molecular weight is 340 g/mol. The molecule has 8 heteroatoms. The number of hydrogen-bond acceptors (Lipinski definition) is 7. The monoisotopic (exact) mass is 340 g/mol. The summed E-state index contributed by atoms with van der Waals surface area (Å²) < 4.78 is 10.7. The van der Waals surface area contributed by atoms with Crippen molar-refractivity contribution in [1.82, 2.24) is 9.97 Å². The summed E-state index contributed by atoms with van der Waals surface area (Å²) in [5, 5.41) is 14.7. The van der Waals surface area contributed by atoms with E-state index in [-0.39, 0.29) is 5.69 Å². The highest BCUT2D eigenvalue weighted by molar-refractivity contribution is 5.95. The normalized spacial score (nSPS) is 10.5. The van der Waals surface area contributed by atoms with Crippen molar-refractivity contribution in [2.75, 3.05) is 26.6 Å². The maximum atomic E-state index is 11.1. The Labute approximate surface area is 143 Å². The molecule has 25 heavy (non-hydrogen) atoms. The number of ether oxygens (including phenoxy) is 2. The molecule has 128 valence electrons. The van der Waals surface area contributed by atoms with Gasteiger partial charge in [0.25, 0.3) is 5.69 Å². The third kappa shape index (κ3) is 3.01. The molecule has 0 saturated carbocycles. The zero-order valence-electron chi connectivity index (χ0n) is 13.9. The van der Waals surface area contributed by atoms with Crippen LogP contribution in [0.4, 0.5) is 11.6 Å². The van der Waals surface area contributed by atoms with Gasteiger partial charge in [0.1, 0.15) is 0 Å². The van der Waals surface area contributed by atoms with Gasteiger partial charge in [-0.25, -0.2) is 9.97 Å². The van der Waals surface area contributed by atoms with Gasteiger partial charge in [-0.05, 0) is 6.07 Å². The van der Waals surface area contributed by atoms with E-state index in [2.05, 4.69) is 15.3 Å². The molecule has 1 N–H and O–H groups in total. The zero-order chi connectivity index (χ0) is 18.0. The van der Waals surface area contributed by atoms with E-state index >= 15 is 0 Å². The Bertz CT molecular complexity index is 959. The van der Waals surface area contributed by atoms with Crippen LogP contribution in [0, 0.1) is 10.1 Å². The summed E-state index contributed by atoms with van der Waals surface area (Å²) in [6.07, 6.45) is 0. The molecule has 0 aliphatic carbocycles. The second-order valence-corrected chi connectivity index (χ2v) is 5.18. The minimum atomic E-state index is -0.435. The number of nitrogens with zero attached hydrogens (tertiary/aromatic N) is 3. The molecule has 0 atom stereocenters. The molecule has 8 nitrogen and oxygen atoms in total. The number of hydrogen-bond donors (Lipinski definition) is 1. The van der Waals surface area contributed by atoms with Gasteiger partial charge in [-0.2, -0.15) is 0 Å². The first-order valence-electron chi connectivity index (χ1n) is 7.43. The van der Waals surface area contributed by atoms with E-state index in [9.17, 15) is 10.1 Å². The lowest BCUT2D eigenvalue weighted by atomic mass is 10.1. The van der Waals surface area contributed by atoms with Crippen molar-refractivity contribution in [2.45, 2.75) is 0 Å². The Balaban J connectivity index is 2.32. The summed E-state index contributed by atoms with van der Waals surface area (Å²) in [7, 11) is 4.80. The highest BCUT2D eigenvalue weighted by Gasteiger charge is 2.16. The van der Waals surface area contributed by atoms with E-state index in [1.165, 1.54) is 12.1 Å². The van der Waals surface area contributed by atoms with Crippen molar-refractivity contribution in [3.8, 4) is 22.8 Å². The van der Waals surface area contributed by atoms with Gasteiger partial charge in [-0.3, -0.25) is 10.1 Å². The number of nitro benzene ring substituents is 1. The molecule has 1 heterocycles. The number of nitrogens with one attached hydrogen (secondary N) is 1. The van der Waals surface area contributed by atoms with Crippen molar-refractivity contribution in [2.24, 2.45) is 0 Å². The lowest BCUT2D eigenvalue weighted by molar-refractivity contribution is -0.384. The van der Waals surface area contributed by atoms with Gasteiger partial charge in [0.15, 0.2) is 11.5 Å². The molecule has 1 aromatic heterocycles. The Kier molecular flexibility index (Phi) is 4.34. The van der Waals surface area contributed by atoms with Gasteiger partial charge in [-0.1, -0.05) is 12.1 Å². The number of nitro groups is 1. The lowest BCUT2D eigenvalue weighted by Gasteiger charge is -2.12. The fourth-order valence-corrected chi connectivity index (χ4v) is 2.55. The molecule has 2 aromatic carbocycles. The predicted octanol–water partition coefficient (Wildman–Crippen LogP) is 3.26. The molecule has 0 fully saturated rings. The van der Waals surface area contributed by atoms with Gasteiger partial charge in [0, 0.05) is 36.2 Å². The van der Waals surface area contributed by atoms with Crippen molar-refractivity contribution in [1.29, 1.82) is 0 Å². The SMILES string of the molecule is CNc1nc(-c2cccc([N+](=O)[O-])c2)c2cc(OC)c(OC)cc2n1. The highest BCUT2D eigenvalue weighted by atomic mass is 16.6. The van der Waals surface area contributed by atoms with Crippen LogP contribution in [-0.4, -0.2) is 36.2 Å². The maximum absolute atomic E-state index is 11.1. The van der Waals surface area contributed by atoms with Gasteiger partial charge < -0.3 is 14.8 Å². The molecule has 0 bridgehead atoms. The summed E-state index contributed by atoms with van der Waals surface area (Å²) in [4.78, 5) is 19.6. The summed E-state index contributed by atoms with van der Waals surface area (Å²) in [5.74, 6) is 1.48. The number of aromatic nitrogens is 2. The van der Waals surface area contributed by atoms with Crippen LogP contribution >= 0.6 is 0 Å². The Hall–Kier alpha value is -3.42. The molecule has 0 amide bonds. The first-order chi connectivity index (χ1) is 12.1. The van der Waals surface area contributed by atoms with Gasteiger partial charge in [0.2, 0.25) is 5.95 Å². The first kappa shape index (κ1) is 16.4. The number of anilines is 1. The fourth-order valence-electron chi connectivity index (χ4n) is 2.55. The molecule has 0 spiro atoms. The topological polar surface area (TPSA) is 99.4 Å². The third-order valence-electron chi connectivity index (χ3n) is 3.76. The second kappa shape index (κ2) is 6.60. The molecule has 3 aromatic rings. The number of benzene rings is 2. The number of non-ortho nitro benzene ring substituents is 1. The quantitative estimate of drug-likeness (QED) is 0.562. The molecule has 3 rings (SSSR count). The van der Waals surface area contributed by atoms with Gasteiger partial charge in [-0.15, -0.1) is 0 Å². The van der Waals surface area contributed by atoms with E-state index in [1.807, 2.05) is 0 Å². The fraction of sp³-hybridized carbons (Fsp3) is 0.176. The predicted molar refractivity (Wildman–Crippen MR) is 94.3 cm³/mol. The number of rotatable bonds is 5. The van der Waals surface area contributed by atoms with Crippen molar-refractivity contribution < 1.29 is 14.4 Å². The summed E-state index contributed by atoms with van der Waals surface area (Å²) in [5.41, 5.74) is 1.82. The third-order valence-corrected chi connectivity index (χ3v) is 3.76. The van der Waals surface area contributed by atoms with E-state index < -0.39 is 4.92 Å². The Morgan fingerprint density at radius 2 is 1.80 bits per heavy atom. The van der Waals surface area contributed by atoms with Crippen LogP contribution in [-0.2, 0) is 0 Å². The number of methoxy groups -OCH3 is 2. The molecule has 0 aliphatic rings. The summed E-state index contributed by atoms with van der Waals surface area (Å²) >= 11 is 0. The van der Waals surface area contributed by atoms with Crippen LogP contribution in [0.1, 0.15) is 0 Å². The van der Waals surface area contributed by atoms with E-state index in [0.29, 0.717) is 39.6 Å². The Morgan fingerprint density at radius 1 is 1.08 bits per heavy atom. The van der Waals surface area contributed by atoms with Crippen LogP contribution in [0.3, 0.4) is 0 Å². The summed E-state index contributed by atoms with van der Waals surface area (Å²) in [6.45, 7) is 0. The molecule has 0 unspecified atom stereocenters. The van der Waals surface area contributed by atoms with Gasteiger partial charge >= 0.3 is 0 Å². The minimum absolute atomic E-state index is 0.00394. The van der Waals surface area contributed by atoms with Crippen molar-refractivity contribution >= 4 is 22.5 Å². The Morgan fingerprint density at radius 3 is 2.44 bits per heavy atom. The van der Waals surface area contributed by atoms with Crippen molar-refractivity contribution in [3.05, 3.63) is 46.5 Å². The maximum Gasteiger partial charge on any atom is 0.270 e. The smallest absolute Gasteiger partial charge is 0.270 e. The molecular weight excluding hydrogens is 324 g/mol. The standard InChI is InChI=1S/C17H16N4O4/c1-18-17-19-13-9-15(25-3)14(24-2)8-12(13)16(20-17)10-5-4-6-11(7-10)21(22)23/h4-9H,1-3H3,(H,18,19,20). The lowest BCUT2D eigenvalue weighted by Crippen LogP contribution is -2.00. The largest absolute Gasteiger partial charge is 0.493 e. The number of fused-ring (bicyclic) bond motifs is 1. The van der Waals surface area contributed by atoms with E-state index in [4.69, 9.17) is 9.47 Å². The van der Waals surface area contributed by atoms with Crippen LogP contribution in [0.15, 0.2) is 36.4 Å². The molecule has 0 aliphatic heterocycles. The van der Waals surface area contributed by atoms with Crippen molar-refractivity contribution in [3.63, 3.8) is 0 Å². The van der Waals surface area contributed by atoms with Crippen LogP contribution in [0.2, 0.25) is 0 Å². The van der Waals surface area contributed by atoms with Crippen LogP contribution in [0.25, 0.3) is 22.2 Å². The summed E-state index contributed by atoms with van der Waals surface area (Å²) in [6, 6.07) is 9.83. The highest BCUT2D eigenvalue weighted by Crippen LogP contribution is 2.36. The van der Waals surface area contributed by atoms with E-state index in [0.717, 1.165) is 0 Å². The van der Waals surface area contributed by atoms with Crippen LogP contribution in [0.5, 0.6) is 11.5 Å². The molecular formula is C17H16N4O4. The minimum Gasteiger partial charge on any atom is -0.493 e. The second-order valence-electron chi connectivity index (χ2n) is 5.18. The van der Waals surface area contributed by atoms with Crippen LogP contribution < -0.4 is 14.8 Å². The average Bonchev–Trinajstić information content (AvgIpc) is 2.65. The first-order valence-corrected chi connectivity index (χ1v) is 7.43.